The van der Waals surface area contributed by atoms with Gasteiger partial charge in [-0.25, -0.2) is 0 Å². The van der Waals surface area contributed by atoms with Crippen molar-refractivity contribution in [2.75, 3.05) is 13.2 Å². The van der Waals surface area contributed by atoms with E-state index in [1.54, 1.807) is 0 Å². The zero-order valence-electron chi connectivity index (χ0n) is 16.8. The van der Waals surface area contributed by atoms with Crippen LogP contribution in [-0.2, 0) is 19.1 Å². The number of carbonyl (C=O) groups excluding carboxylic acids is 2. The third-order valence-electron chi connectivity index (χ3n) is 5.04. The molecule has 0 saturated heterocycles. The minimum absolute atomic E-state index is 0.0629. The molecule has 0 aromatic rings. The quantitative estimate of drug-likeness (QED) is 0.294. The Hall–Kier alpha value is -0.480. The first-order chi connectivity index (χ1) is 11.3. The van der Waals surface area contributed by atoms with Crippen molar-refractivity contribution in [2.24, 2.45) is 23.7 Å². The molecule has 0 spiro atoms. The molecule has 6 heteroatoms. The summed E-state index contributed by atoms with van der Waals surface area (Å²) < 4.78 is 10.4. The molecule has 0 aliphatic heterocycles. The van der Waals surface area contributed by atoms with Gasteiger partial charge in [0, 0.05) is 0 Å². The average Bonchev–Trinajstić information content (AvgIpc) is 2.49. The second-order valence-electron chi connectivity index (χ2n) is 7.97. The first-order valence-corrected chi connectivity index (χ1v) is 9.72. The molecule has 0 atom stereocenters. The number of alkyl halides is 2. The van der Waals surface area contributed by atoms with Crippen molar-refractivity contribution in [2.45, 2.75) is 71.6 Å². The van der Waals surface area contributed by atoms with E-state index in [0.29, 0.717) is 0 Å². The summed E-state index contributed by atoms with van der Waals surface area (Å²) in [4.78, 5) is 22.5. The van der Waals surface area contributed by atoms with Crippen LogP contribution < -0.4 is 0 Å². The zero-order valence-corrected chi connectivity index (χ0v) is 18.3. The number of rotatable bonds is 10. The highest BCUT2D eigenvalue weighted by Gasteiger charge is 2.38. The van der Waals surface area contributed by atoms with Gasteiger partial charge in [-0.05, 0) is 23.7 Å². The molecule has 25 heavy (non-hydrogen) atoms. The van der Waals surface area contributed by atoms with Gasteiger partial charge in [0.15, 0.2) is 0 Å². The molecule has 0 saturated carbocycles. The summed E-state index contributed by atoms with van der Waals surface area (Å²) in [6, 6.07) is 0. The lowest BCUT2D eigenvalue weighted by molar-refractivity contribution is -0.156. The largest absolute Gasteiger partial charge is 0.463 e. The lowest BCUT2D eigenvalue weighted by atomic mass is 9.85. The Morgan fingerprint density at radius 1 is 0.680 bits per heavy atom. The Bertz CT molecular complexity index is 389. The van der Waals surface area contributed by atoms with E-state index in [1.807, 2.05) is 55.4 Å². The fourth-order valence-electron chi connectivity index (χ4n) is 2.60. The summed E-state index contributed by atoms with van der Waals surface area (Å²) in [5.41, 5.74) is 0. The SMILES string of the molecule is CC(C)C(Cl)(COC(=O)CC(=O)OCC(Cl)(C(C)C)C(C)C)C(C)C. The smallest absolute Gasteiger partial charge is 0.317 e. The molecule has 0 rings (SSSR count). The number of esters is 2. The van der Waals surface area contributed by atoms with Crippen LogP contribution in [-0.4, -0.2) is 34.9 Å². The van der Waals surface area contributed by atoms with Gasteiger partial charge in [0.25, 0.3) is 0 Å². The monoisotopic (exact) mass is 396 g/mol. The van der Waals surface area contributed by atoms with Crippen molar-refractivity contribution < 1.29 is 19.1 Å². The van der Waals surface area contributed by atoms with Crippen LogP contribution in [0.5, 0.6) is 0 Å². The summed E-state index contributed by atoms with van der Waals surface area (Å²) in [5, 5.41) is 0. The van der Waals surface area contributed by atoms with Crippen LogP contribution >= 0.6 is 23.2 Å². The van der Waals surface area contributed by atoms with Crippen LogP contribution in [0.25, 0.3) is 0 Å². The summed E-state index contributed by atoms with van der Waals surface area (Å²) in [5.74, 6) is -0.757. The lowest BCUT2D eigenvalue weighted by Crippen LogP contribution is -2.41. The van der Waals surface area contributed by atoms with Crippen molar-refractivity contribution in [3.05, 3.63) is 0 Å². The molecule has 0 bridgehead atoms. The van der Waals surface area contributed by atoms with Crippen molar-refractivity contribution in [1.82, 2.24) is 0 Å². The molecule has 0 aliphatic carbocycles. The molecule has 0 amide bonds. The van der Waals surface area contributed by atoms with Crippen LogP contribution in [0.4, 0.5) is 0 Å². The zero-order chi connectivity index (χ0) is 20.0. The highest BCUT2D eigenvalue weighted by Crippen LogP contribution is 2.35. The Kier molecular flexibility index (Phi) is 9.82. The summed E-state index contributed by atoms with van der Waals surface area (Å²) in [6.45, 7) is 16.0. The number of hydrogen-bond donors (Lipinski definition) is 0. The van der Waals surface area contributed by atoms with E-state index in [0.717, 1.165) is 0 Å². The van der Waals surface area contributed by atoms with Crippen LogP contribution in [0.2, 0.25) is 0 Å². The maximum atomic E-state index is 11.9. The molecular formula is C19H34Cl2O4. The Balaban J connectivity index is 4.56. The van der Waals surface area contributed by atoms with Crippen molar-refractivity contribution in [3.63, 3.8) is 0 Å². The van der Waals surface area contributed by atoms with E-state index in [1.165, 1.54) is 0 Å². The number of ether oxygens (including phenoxy) is 2. The van der Waals surface area contributed by atoms with Gasteiger partial charge in [0.1, 0.15) is 19.6 Å². The van der Waals surface area contributed by atoms with Crippen LogP contribution in [0, 0.1) is 23.7 Å². The first kappa shape index (κ1) is 24.5. The van der Waals surface area contributed by atoms with Gasteiger partial charge in [-0.15, -0.1) is 23.2 Å². The molecule has 0 aromatic heterocycles. The summed E-state index contributed by atoms with van der Waals surface area (Å²) >= 11 is 13.1. The maximum Gasteiger partial charge on any atom is 0.317 e. The highest BCUT2D eigenvalue weighted by molar-refractivity contribution is 6.24. The third-order valence-corrected chi connectivity index (χ3v) is 7.00. The standard InChI is InChI=1S/C19H34Cl2O4/c1-12(2)18(20,13(3)4)10-24-16(22)9-17(23)25-11-19(21,14(5)6)15(7)8/h12-15H,9-11H2,1-8H3. The third kappa shape index (κ3) is 6.97. The molecule has 4 nitrogen and oxygen atoms in total. The topological polar surface area (TPSA) is 52.6 Å². The van der Waals surface area contributed by atoms with Gasteiger partial charge in [-0.3, -0.25) is 9.59 Å². The molecule has 0 fully saturated rings. The van der Waals surface area contributed by atoms with Gasteiger partial charge in [-0.2, -0.15) is 0 Å². The lowest BCUT2D eigenvalue weighted by Gasteiger charge is -2.35. The van der Waals surface area contributed by atoms with Gasteiger partial charge in [0.2, 0.25) is 0 Å². The van der Waals surface area contributed by atoms with Crippen molar-refractivity contribution in [1.29, 1.82) is 0 Å². The average molecular weight is 397 g/mol. The fourth-order valence-corrected chi connectivity index (χ4v) is 2.71. The van der Waals surface area contributed by atoms with E-state index in [9.17, 15) is 9.59 Å². The minimum atomic E-state index is -0.653. The number of halogens is 2. The Labute approximate surface area is 162 Å². The van der Waals surface area contributed by atoms with E-state index in [-0.39, 0.29) is 36.9 Å². The van der Waals surface area contributed by atoms with Crippen molar-refractivity contribution in [3.8, 4) is 0 Å². The predicted octanol–water partition coefficient (Wildman–Crippen LogP) is 5.04. The number of carbonyl (C=O) groups is 2. The van der Waals surface area contributed by atoms with Crippen molar-refractivity contribution >= 4 is 35.1 Å². The van der Waals surface area contributed by atoms with E-state index in [4.69, 9.17) is 32.7 Å². The molecular weight excluding hydrogens is 363 g/mol. The normalized spacial score (nSPS) is 13.0. The van der Waals surface area contributed by atoms with E-state index in [2.05, 4.69) is 0 Å². The number of hydrogen-bond acceptors (Lipinski definition) is 4. The first-order valence-electron chi connectivity index (χ1n) is 8.96. The van der Waals surface area contributed by atoms with Gasteiger partial charge < -0.3 is 9.47 Å². The molecule has 0 radical (unpaired) electrons. The molecule has 0 unspecified atom stereocenters. The highest BCUT2D eigenvalue weighted by atomic mass is 35.5. The molecule has 0 heterocycles. The molecule has 0 aromatic carbocycles. The van der Waals surface area contributed by atoms with Crippen LogP contribution in [0.1, 0.15) is 61.8 Å². The van der Waals surface area contributed by atoms with Gasteiger partial charge in [-0.1, -0.05) is 55.4 Å². The Morgan fingerprint density at radius 3 is 1.12 bits per heavy atom. The maximum absolute atomic E-state index is 11.9. The van der Waals surface area contributed by atoms with E-state index >= 15 is 0 Å². The van der Waals surface area contributed by atoms with Crippen LogP contribution in [0.15, 0.2) is 0 Å². The predicted molar refractivity (Wildman–Crippen MR) is 103 cm³/mol. The second kappa shape index (κ2) is 10.0. The summed E-state index contributed by atoms with van der Waals surface area (Å²) in [6.07, 6.45) is -0.438. The molecule has 0 N–H and O–H groups in total. The minimum Gasteiger partial charge on any atom is -0.463 e. The van der Waals surface area contributed by atoms with Crippen LogP contribution in [0.3, 0.4) is 0 Å². The Morgan fingerprint density at radius 2 is 0.920 bits per heavy atom. The van der Waals surface area contributed by atoms with E-state index < -0.39 is 28.1 Å². The fraction of sp³-hybridized carbons (Fsp3) is 0.895. The van der Waals surface area contributed by atoms with Gasteiger partial charge >= 0.3 is 11.9 Å². The second-order valence-corrected chi connectivity index (χ2v) is 9.38. The summed E-state index contributed by atoms with van der Waals surface area (Å²) in [7, 11) is 0. The molecule has 148 valence electrons. The molecule has 0 aliphatic rings. The van der Waals surface area contributed by atoms with Gasteiger partial charge in [0.05, 0.1) is 9.75 Å².